The van der Waals surface area contributed by atoms with Crippen LogP contribution in [-0.2, 0) is 0 Å². The van der Waals surface area contributed by atoms with Crippen LogP contribution < -0.4 is 0 Å². The first-order valence-electron chi connectivity index (χ1n) is 15.3. The zero-order chi connectivity index (χ0) is 23.8. The number of unbranched alkanes of at least 4 members (excludes halogenated alkanes) is 18. The number of hydrogen-bond donors (Lipinski definition) is 0. The number of rotatable bonds is 26. The van der Waals surface area contributed by atoms with Gasteiger partial charge in [0.1, 0.15) is 0 Å². The van der Waals surface area contributed by atoms with E-state index in [0.29, 0.717) is 0 Å². The Morgan fingerprint density at radius 3 is 0.750 bits per heavy atom. The van der Waals surface area contributed by atoms with Crippen LogP contribution in [0.3, 0.4) is 0 Å². The van der Waals surface area contributed by atoms with Crippen LogP contribution in [-0.4, -0.2) is 24.6 Å². The molecule has 0 heterocycles. The van der Waals surface area contributed by atoms with Crippen molar-refractivity contribution in [2.75, 3.05) is 24.6 Å². The summed E-state index contributed by atoms with van der Waals surface area (Å²) in [7, 11) is 0. The quantitative estimate of drug-likeness (QED) is 0.0834. The second-order valence-electron chi connectivity index (χ2n) is 11.1. The Morgan fingerprint density at radius 1 is 0.312 bits per heavy atom. The van der Waals surface area contributed by atoms with Gasteiger partial charge >= 0.3 is 211 Å². The zero-order valence-corrected chi connectivity index (χ0v) is 24.9. The molecule has 2 heteroatoms. The molecule has 196 valence electrons. The Morgan fingerprint density at radius 2 is 0.500 bits per heavy atom. The first-order chi connectivity index (χ1) is 15.5. The maximum absolute atomic E-state index is 7.98. The SMILES string of the molecule is CCCCCCCCCCCCP(Cl)(CCCCCC)(CCCCCC)CCCCCC. The predicted octanol–water partition coefficient (Wildman–Crippen LogP) is 12.4. The van der Waals surface area contributed by atoms with E-state index in [1.54, 1.807) is 0 Å². The monoisotopic (exact) mass is 490 g/mol. The molecule has 0 aromatic carbocycles. The molecule has 0 unspecified atom stereocenters. The summed E-state index contributed by atoms with van der Waals surface area (Å²) in [5, 5.41) is 0. The molecule has 0 saturated carbocycles. The van der Waals surface area contributed by atoms with Crippen LogP contribution >= 0.6 is 17.2 Å². The van der Waals surface area contributed by atoms with E-state index < -0.39 is 5.96 Å². The van der Waals surface area contributed by atoms with Crippen LogP contribution in [0.15, 0.2) is 0 Å². The van der Waals surface area contributed by atoms with Crippen molar-refractivity contribution in [1.29, 1.82) is 0 Å². The Balaban J connectivity index is 4.70. The molecular formula is C30H64ClP. The fourth-order valence-corrected chi connectivity index (χ4v) is 12.3. The summed E-state index contributed by atoms with van der Waals surface area (Å²) in [4.78, 5) is 0. The van der Waals surface area contributed by atoms with Crippen molar-refractivity contribution in [3.05, 3.63) is 0 Å². The minimum absolute atomic E-state index is 1.34. The Kier molecular flexibility index (Phi) is 22.7. The molecule has 0 aromatic rings. The molecule has 0 N–H and O–H groups in total. The maximum atomic E-state index is 7.98. The third kappa shape index (κ3) is 18.1. The fourth-order valence-electron chi connectivity index (χ4n) is 5.47. The van der Waals surface area contributed by atoms with Gasteiger partial charge in [-0.1, -0.05) is 0 Å². The van der Waals surface area contributed by atoms with Gasteiger partial charge in [-0.15, -0.1) is 0 Å². The van der Waals surface area contributed by atoms with Gasteiger partial charge in [0, 0.05) is 0 Å². The van der Waals surface area contributed by atoms with Crippen molar-refractivity contribution in [3.8, 4) is 0 Å². The van der Waals surface area contributed by atoms with Gasteiger partial charge in [-0.3, -0.25) is 0 Å². The summed E-state index contributed by atoms with van der Waals surface area (Å²) in [6.07, 6.45) is 36.5. The van der Waals surface area contributed by atoms with Gasteiger partial charge in [-0.2, -0.15) is 0 Å². The van der Waals surface area contributed by atoms with Gasteiger partial charge in [0.2, 0.25) is 0 Å². The number of hydrogen-bond acceptors (Lipinski definition) is 0. The first-order valence-corrected chi connectivity index (χ1v) is 19.1. The first kappa shape index (κ1) is 32.7. The van der Waals surface area contributed by atoms with Crippen molar-refractivity contribution in [2.45, 2.75) is 169 Å². The predicted molar refractivity (Wildman–Crippen MR) is 157 cm³/mol. The zero-order valence-electron chi connectivity index (χ0n) is 23.2. The van der Waals surface area contributed by atoms with E-state index in [1.165, 1.54) is 166 Å². The third-order valence-electron chi connectivity index (χ3n) is 7.78. The molecule has 32 heavy (non-hydrogen) atoms. The summed E-state index contributed by atoms with van der Waals surface area (Å²) in [6, 6.07) is 0. The molecule has 0 bridgehead atoms. The van der Waals surface area contributed by atoms with Crippen LogP contribution in [0.2, 0.25) is 0 Å². The minimum atomic E-state index is -2.06. The molecule has 0 aliphatic carbocycles. The molecule has 0 fully saturated rings. The molecule has 0 aliphatic heterocycles. The molecule has 0 atom stereocenters. The number of halogens is 1. The van der Waals surface area contributed by atoms with Gasteiger partial charge in [0.05, 0.1) is 0 Å². The second kappa shape index (κ2) is 22.2. The van der Waals surface area contributed by atoms with Crippen molar-refractivity contribution in [3.63, 3.8) is 0 Å². The van der Waals surface area contributed by atoms with Crippen LogP contribution in [0.25, 0.3) is 0 Å². The van der Waals surface area contributed by atoms with E-state index in [1.807, 2.05) is 0 Å². The van der Waals surface area contributed by atoms with Crippen LogP contribution in [0, 0.1) is 0 Å². The van der Waals surface area contributed by atoms with E-state index >= 15 is 0 Å². The van der Waals surface area contributed by atoms with E-state index in [4.69, 9.17) is 11.2 Å². The summed E-state index contributed by atoms with van der Waals surface area (Å²) in [6.45, 7) is 9.31. The fraction of sp³-hybridized carbons (Fsp3) is 1.00. The van der Waals surface area contributed by atoms with Crippen molar-refractivity contribution in [2.24, 2.45) is 0 Å². The molecule has 0 aliphatic rings. The molecule has 0 nitrogen and oxygen atoms in total. The summed E-state index contributed by atoms with van der Waals surface area (Å²) in [5.41, 5.74) is 0. The Bertz CT molecular complexity index is 347. The van der Waals surface area contributed by atoms with E-state index in [2.05, 4.69) is 27.7 Å². The second-order valence-corrected chi connectivity index (χ2v) is 19.4. The summed E-state index contributed by atoms with van der Waals surface area (Å²) < 4.78 is 0. The normalized spacial score (nSPS) is 13.3. The third-order valence-corrected chi connectivity index (χ3v) is 15.5. The molecule has 0 rings (SSSR count). The van der Waals surface area contributed by atoms with Gasteiger partial charge in [-0.05, 0) is 0 Å². The Hall–Kier alpha value is 0.720. The van der Waals surface area contributed by atoms with E-state index in [-0.39, 0.29) is 0 Å². The average Bonchev–Trinajstić information content (AvgIpc) is 2.79. The topological polar surface area (TPSA) is 0 Å². The molecule has 0 saturated heterocycles. The van der Waals surface area contributed by atoms with Gasteiger partial charge in [-0.25, -0.2) is 0 Å². The summed E-state index contributed by atoms with van der Waals surface area (Å²) in [5.74, 6) is -2.06. The van der Waals surface area contributed by atoms with Gasteiger partial charge < -0.3 is 0 Å². The van der Waals surface area contributed by atoms with Crippen molar-refractivity contribution < 1.29 is 0 Å². The molecular weight excluding hydrogens is 427 g/mol. The van der Waals surface area contributed by atoms with Crippen LogP contribution in [0.4, 0.5) is 0 Å². The van der Waals surface area contributed by atoms with E-state index in [0.717, 1.165) is 0 Å². The summed E-state index contributed by atoms with van der Waals surface area (Å²) >= 11 is 7.98. The van der Waals surface area contributed by atoms with E-state index in [9.17, 15) is 0 Å². The van der Waals surface area contributed by atoms with Gasteiger partial charge in [0.25, 0.3) is 0 Å². The molecule has 0 spiro atoms. The van der Waals surface area contributed by atoms with Crippen LogP contribution in [0.1, 0.15) is 169 Å². The molecule has 0 amide bonds. The van der Waals surface area contributed by atoms with Crippen molar-refractivity contribution >= 4 is 17.2 Å². The molecule has 0 radical (unpaired) electrons. The standard InChI is InChI=1S/C30H64ClP/c1-5-9-13-17-18-19-20-21-22-26-30-32(31,27-23-14-10-6-2,28-24-15-11-7-3)29-25-16-12-8-4/h5-30H2,1-4H3. The molecule has 0 aromatic heterocycles. The Labute approximate surface area is 210 Å². The average molecular weight is 491 g/mol. The van der Waals surface area contributed by atoms with Crippen molar-refractivity contribution in [1.82, 2.24) is 0 Å². The van der Waals surface area contributed by atoms with Gasteiger partial charge in [0.15, 0.2) is 0 Å². The van der Waals surface area contributed by atoms with Crippen LogP contribution in [0.5, 0.6) is 0 Å².